The quantitative estimate of drug-likeness (QED) is 0.861. The molecule has 0 aliphatic carbocycles. The third-order valence-electron chi connectivity index (χ3n) is 2.63. The van der Waals surface area contributed by atoms with Crippen molar-refractivity contribution in [1.82, 2.24) is 10.2 Å². The first-order valence-corrected chi connectivity index (χ1v) is 6.15. The van der Waals surface area contributed by atoms with E-state index in [2.05, 4.69) is 5.32 Å². The van der Waals surface area contributed by atoms with Gasteiger partial charge in [0.1, 0.15) is 5.75 Å². The van der Waals surface area contributed by atoms with E-state index >= 15 is 0 Å². The lowest BCUT2D eigenvalue weighted by Crippen LogP contribution is -2.40. The number of likely N-dealkylation sites (N-methyl/N-ethyl adjacent to an activating group) is 1. The molecule has 1 aromatic rings. The van der Waals surface area contributed by atoms with Crippen molar-refractivity contribution >= 4 is 11.8 Å². The summed E-state index contributed by atoms with van der Waals surface area (Å²) >= 11 is 0. The van der Waals surface area contributed by atoms with Crippen LogP contribution < -0.4 is 5.32 Å². The van der Waals surface area contributed by atoms with E-state index in [1.807, 2.05) is 13.8 Å². The molecule has 2 amide bonds. The number of aromatic hydroxyl groups is 1. The van der Waals surface area contributed by atoms with Crippen LogP contribution in [-0.4, -0.2) is 41.5 Å². The molecule has 19 heavy (non-hydrogen) atoms. The van der Waals surface area contributed by atoms with E-state index < -0.39 is 0 Å². The molecule has 0 atom stereocenters. The Labute approximate surface area is 113 Å². The van der Waals surface area contributed by atoms with Gasteiger partial charge in [-0.3, -0.25) is 9.59 Å². The molecule has 0 unspecified atom stereocenters. The summed E-state index contributed by atoms with van der Waals surface area (Å²) in [6.07, 6.45) is 0. The summed E-state index contributed by atoms with van der Waals surface area (Å²) in [5, 5.41) is 12.3. The predicted octanol–water partition coefficient (Wildman–Crippen LogP) is 1.30. The first-order chi connectivity index (χ1) is 8.81. The maximum Gasteiger partial charge on any atom is 0.254 e. The van der Waals surface area contributed by atoms with Gasteiger partial charge in [-0.05, 0) is 38.5 Å². The van der Waals surface area contributed by atoms with Crippen LogP contribution in [0.25, 0.3) is 0 Å². The highest BCUT2D eigenvalue weighted by Gasteiger charge is 2.16. The summed E-state index contributed by atoms with van der Waals surface area (Å²) in [4.78, 5) is 25.0. The number of nitrogens with one attached hydrogen (secondary N) is 1. The van der Waals surface area contributed by atoms with Crippen molar-refractivity contribution in [3.05, 3.63) is 29.3 Å². The van der Waals surface area contributed by atoms with Gasteiger partial charge in [0, 0.05) is 18.7 Å². The van der Waals surface area contributed by atoms with Gasteiger partial charge in [-0.1, -0.05) is 6.07 Å². The van der Waals surface area contributed by atoms with Gasteiger partial charge in [-0.15, -0.1) is 0 Å². The zero-order valence-electron chi connectivity index (χ0n) is 11.7. The van der Waals surface area contributed by atoms with E-state index in [0.29, 0.717) is 11.1 Å². The van der Waals surface area contributed by atoms with Crippen LogP contribution in [0.1, 0.15) is 29.8 Å². The molecule has 104 valence electrons. The molecule has 0 fully saturated rings. The van der Waals surface area contributed by atoms with Gasteiger partial charge in [0.15, 0.2) is 0 Å². The molecule has 0 aliphatic heterocycles. The Balaban J connectivity index is 2.71. The van der Waals surface area contributed by atoms with E-state index in [4.69, 9.17) is 0 Å². The molecule has 1 rings (SSSR count). The van der Waals surface area contributed by atoms with E-state index in [1.54, 1.807) is 26.1 Å². The highest BCUT2D eigenvalue weighted by atomic mass is 16.3. The molecular formula is C14H20N2O3. The molecule has 0 spiro atoms. The minimum Gasteiger partial charge on any atom is -0.508 e. The van der Waals surface area contributed by atoms with Crippen LogP contribution in [0.3, 0.4) is 0 Å². The minimum absolute atomic E-state index is 0.00828. The molecule has 5 heteroatoms. The summed E-state index contributed by atoms with van der Waals surface area (Å²) in [5.74, 6) is -0.428. The standard InChI is InChI=1S/C14H20N2O3/c1-9(2)15-13(18)8-16(4)14(19)11-6-5-10(3)12(17)7-11/h5-7,9,17H,8H2,1-4H3,(H,15,18). The van der Waals surface area contributed by atoms with Crippen molar-refractivity contribution in [2.45, 2.75) is 26.8 Å². The van der Waals surface area contributed by atoms with Crippen molar-refractivity contribution in [1.29, 1.82) is 0 Å². The number of hydrogen-bond donors (Lipinski definition) is 2. The number of hydrogen-bond acceptors (Lipinski definition) is 3. The number of phenolic OH excluding ortho intramolecular Hbond substituents is 1. The van der Waals surface area contributed by atoms with Crippen molar-refractivity contribution in [3.8, 4) is 5.75 Å². The number of rotatable bonds is 4. The van der Waals surface area contributed by atoms with E-state index in [1.165, 1.54) is 11.0 Å². The number of nitrogens with zero attached hydrogens (tertiary/aromatic N) is 1. The van der Waals surface area contributed by atoms with Gasteiger partial charge in [0.25, 0.3) is 5.91 Å². The lowest BCUT2D eigenvalue weighted by molar-refractivity contribution is -0.122. The fourth-order valence-electron chi connectivity index (χ4n) is 1.62. The van der Waals surface area contributed by atoms with Crippen molar-refractivity contribution in [2.24, 2.45) is 0 Å². The third-order valence-corrected chi connectivity index (χ3v) is 2.63. The van der Waals surface area contributed by atoms with Crippen LogP contribution in [0, 0.1) is 6.92 Å². The Kier molecular flexibility index (Phi) is 4.92. The number of amides is 2. The summed E-state index contributed by atoms with van der Waals surface area (Å²) < 4.78 is 0. The molecule has 0 aliphatic rings. The molecule has 0 saturated carbocycles. The Morgan fingerprint density at radius 2 is 2.00 bits per heavy atom. The van der Waals surface area contributed by atoms with Crippen LogP contribution in [0.4, 0.5) is 0 Å². The molecule has 0 aromatic heterocycles. The molecule has 0 heterocycles. The molecule has 5 nitrogen and oxygen atoms in total. The van der Waals surface area contributed by atoms with Crippen LogP contribution >= 0.6 is 0 Å². The number of carbonyl (C=O) groups is 2. The summed E-state index contributed by atoms with van der Waals surface area (Å²) in [6, 6.07) is 4.76. The van der Waals surface area contributed by atoms with Gasteiger partial charge in [0.05, 0.1) is 6.54 Å². The smallest absolute Gasteiger partial charge is 0.254 e. The monoisotopic (exact) mass is 264 g/mol. The number of aryl methyl sites for hydroxylation is 1. The largest absolute Gasteiger partial charge is 0.508 e. The highest BCUT2D eigenvalue weighted by Crippen LogP contribution is 2.18. The molecule has 0 radical (unpaired) electrons. The minimum atomic E-state index is -0.297. The van der Waals surface area contributed by atoms with Crippen LogP contribution in [0.15, 0.2) is 18.2 Å². The van der Waals surface area contributed by atoms with E-state index in [0.717, 1.165) is 0 Å². The molecular weight excluding hydrogens is 244 g/mol. The molecule has 0 saturated heterocycles. The molecule has 0 bridgehead atoms. The fourth-order valence-corrected chi connectivity index (χ4v) is 1.62. The Bertz CT molecular complexity index is 484. The zero-order valence-corrected chi connectivity index (χ0v) is 11.7. The second-order valence-electron chi connectivity index (χ2n) is 4.88. The number of benzene rings is 1. The summed E-state index contributed by atoms with van der Waals surface area (Å²) in [6.45, 7) is 5.46. The SMILES string of the molecule is Cc1ccc(C(=O)N(C)CC(=O)NC(C)C)cc1O. The zero-order chi connectivity index (χ0) is 14.6. The average Bonchev–Trinajstić information content (AvgIpc) is 2.30. The highest BCUT2D eigenvalue weighted by molar-refractivity contribution is 5.96. The lowest BCUT2D eigenvalue weighted by Gasteiger charge is -2.18. The Morgan fingerprint density at radius 1 is 1.37 bits per heavy atom. The molecule has 1 aromatic carbocycles. The van der Waals surface area contributed by atoms with Gasteiger partial charge in [-0.2, -0.15) is 0 Å². The van der Waals surface area contributed by atoms with Crippen LogP contribution in [0.5, 0.6) is 5.75 Å². The maximum absolute atomic E-state index is 12.1. The first kappa shape index (κ1) is 15.0. The van der Waals surface area contributed by atoms with E-state index in [9.17, 15) is 14.7 Å². The fraction of sp³-hybridized carbons (Fsp3) is 0.429. The van der Waals surface area contributed by atoms with Gasteiger partial charge >= 0.3 is 0 Å². The predicted molar refractivity (Wildman–Crippen MR) is 73.1 cm³/mol. The van der Waals surface area contributed by atoms with Gasteiger partial charge in [-0.25, -0.2) is 0 Å². The topological polar surface area (TPSA) is 69.6 Å². The van der Waals surface area contributed by atoms with Crippen LogP contribution in [-0.2, 0) is 4.79 Å². The average molecular weight is 264 g/mol. The second-order valence-corrected chi connectivity index (χ2v) is 4.88. The first-order valence-electron chi connectivity index (χ1n) is 6.15. The number of phenols is 1. The van der Waals surface area contributed by atoms with Crippen molar-refractivity contribution in [3.63, 3.8) is 0 Å². The van der Waals surface area contributed by atoms with Crippen LogP contribution in [0.2, 0.25) is 0 Å². The molecule has 2 N–H and O–H groups in total. The maximum atomic E-state index is 12.1. The third kappa shape index (κ3) is 4.28. The van der Waals surface area contributed by atoms with Crippen molar-refractivity contribution < 1.29 is 14.7 Å². The number of carbonyl (C=O) groups excluding carboxylic acids is 2. The Morgan fingerprint density at radius 3 is 2.53 bits per heavy atom. The normalized spacial score (nSPS) is 10.4. The van der Waals surface area contributed by atoms with Gasteiger partial charge in [0.2, 0.25) is 5.91 Å². The second kappa shape index (κ2) is 6.22. The summed E-state index contributed by atoms with van der Waals surface area (Å²) in [5.41, 5.74) is 1.07. The van der Waals surface area contributed by atoms with Gasteiger partial charge < -0.3 is 15.3 Å². The lowest BCUT2D eigenvalue weighted by atomic mass is 10.1. The van der Waals surface area contributed by atoms with E-state index in [-0.39, 0.29) is 30.2 Å². The summed E-state index contributed by atoms with van der Waals surface area (Å²) in [7, 11) is 1.55. The van der Waals surface area contributed by atoms with Crippen molar-refractivity contribution in [2.75, 3.05) is 13.6 Å². The Hall–Kier alpha value is -2.04.